The first kappa shape index (κ1) is 28.6. The second-order valence-electron chi connectivity index (χ2n) is 11.9. The molecule has 7 rings (SSSR count). The molecule has 0 radical (unpaired) electrons. The van der Waals surface area contributed by atoms with E-state index in [-0.39, 0.29) is 48.2 Å². The SMILES string of the molecule is CCN1CCN(c2ccc(CC(=O)C[C@@H]3[C@H]4Oc5ccc(Oc6ccnc7c6CCC(=O)N7)cc5[C@@H]34)cc2C(F)(F)F)CC1. The maximum Gasteiger partial charge on any atom is 0.418 e. The van der Waals surface area contributed by atoms with Gasteiger partial charge in [-0.15, -0.1) is 0 Å². The number of nitrogens with zero attached hydrogens (tertiary/aromatic N) is 3. The zero-order valence-corrected chi connectivity index (χ0v) is 24.3. The number of hydrogen-bond donors (Lipinski definition) is 1. The van der Waals surface area contributed by atoms with Gasteiger partial charge in [0.1, 0.15) is 35.0 Å². The quantitative estimate of drug-likeness (QED) is 0.358. The summed E-state index contributed by atoms with van der Waals surface area (Å²) in [5.41, 5.74) is 1.68. The second-order valence-corrected chi connectivity index (χ2v) is 11.9. The third-order valence-corrected chi connectivity index (χ3v) is 9.19. The molecule has 2 fully saturated rings. The van der Waals surface area contributed by atoms with E-state index in [1.54, 1.807) is 23.2 Å². The Morgan fingerprint density at radius 3 is 2.68 bits per heavy atom. The molecule has 3 aliphatic heterocycles. The summed E-state index contributed by atoms with van der Waals surface area (Å²) < 4.78 is 54.5. The number of piperazine rings is 1. The van der Waals surface area contributed by atoms with Crippen LogP contribution in [0.15, 0.2) is 48.7 Å². The molecule has 0 spiro atoms. The van der Waals surface area contributed by atoms with Crippen LogP contribution in [0.25, 0.3) is 0 Å². The summed E-state index contributed by atoms with van der Waals surface area (Å²) in [5, 5.41) is 2.77. The maximum atomic E-state index is 14.1. The smallest absolute Gasteiger partial charge is 0.418 e. The highest BCUT2D eigenvalue weighted by Crippen LogP contribution is 2.60. The van der Waals surface area contributed by atoms with Crippen molar-refractivity contribution in [2.45, 2.75) is 50.8 Å². The predicted molar refractivity (Wildman–Crippen MR) is 157 cm³/mol. The van der Waals surface area contributed by atoms with E-state index in [1.807, 2.05) is 25.1 Å². The lowest BCUT2D eigenvalue weighted by atomic mass is 9.99. The molecule has 1 N–H and O–H groups in total. The molecule has 3 aromatic rings. The number of benzene rings is 2. The molecule has 3 atom stereocenters. The molecule has 4 aliphatic rings. The monoisotopic (exact) mass is 606 g/mol. The van der Waals surface area contributed by atoms with Gasteiger partial charge in [0.15, 0.2) is 0 Å². The first-order chi connectivity index (χ1) is 21.2. The first-order valence-electron chi connectivity index (χ1n) is 15.1. The topological polar surface area (TPSA) is 84.0 Å². The van der Waals surface area contributed by atoms with Gasteiger partial charge in [-0.25, -0.2) is 4.98 Å². The molecule has 44 heavy (non-hydrogen) atoms. The van der Waals surface area contributed by atoms with E-state index in [4.69, 9.17) is 9.47 Å². The van der Waals surface area contributed by atoms with E-state index in [2.05, 4.69) is 15.2 Å². The van der Waals surface area contributed by atoms with E-state index in [1.165, 1.54) is 6.07 Å². The van der Waals surface area contributed by atoms with Gasteiger partial charge < -0.3 is 24.6 Å². The van der Waals surface area contributed by atoms with Crippen LogP contribution in [-0.2, 0) is 28.6 Å². The molecule has 2 aromatic carbocycles. The lowest BCUT2D eigenvalue weighted by Crippen LogP contribution is -2.46. The standard InChI is InChI=1S/C33H33F3N4O4/c1-2-39-11-13-40(14-12-39)26-6-3-19(16-25(26)33(34,35)36)15-20(41)17-24-30-23-18-21(4-7-27(23)44-31(24)30)43-28-9-10-37-32-22(28)5-8-29(42)38-32/h3-4,6-7,9-10,16,18,24,30-31H,2,5,8,11-15,17H2,1H3,(H,37,38,42)/t24-,30-,31+/m0/s1. The normalized spacial score (nSPS) is 22.4. The molecule has 1 aliphatic carbocycles. The number of Topliss-reactive ketones (excluding diaryl/α,β-unsaturated/α-hetero) is 1. The molecule has 11 heteroatoms. The van der Waals surface area contributed by atoms with Crippen LogP contribution in [0.4, 0.5) is 24.7 Å². The van der Waals surface area contributed by atoms with Crippen molar-refractivity contribution in [1.29, 1.82) is 0 Å². The lowest BCUT2D eigenvalue weighted by molar-refractivity contribution is -0.137. The minimum Gasteiger partial charge on any atom is -0.489 e. The Balaban J connectivity index is 1.01. The fourth-order valence-corrected chi connectivity index (χ4v) is 6.80. The number of likely N-dealkylation sites (N-methyl/N-ethyl adjacent to an activating group) is 1. The average Bonchev–Trinajstić information content (AvgIpc) is 3.52. The van der Waals surface area contributed by atoms with Gasteiger partial charge in [0, 0.05) is 80.3 Å². The Morgan fingerprint density at radius 1 is 1.09 bits per heavy atom. The molecular formula is C33H33F3N4O4. The number of anilines is 2. The minimum atomic E-state index is -4.51. The Bertz CT molecular complexity index is 1620. The molecule has 1 saturated heterocycles. The van der Waals surface area contributed by atoms with Gasteiger partial charge in [0.2, 0.25) is 5.91 Å². The highest BCUT2D eigenvalue weighted by Gasteiger charge is 2.59. The summed E-state index contributed by atoms with van der Waals surface area (Å²) in [4.78, 5) is 33.1. The first-order valence-corrected chi connectivity index (χ1v) is 15.1. The third kappa shape index (κ3) is 5.49. The van der Waals surface area contributed by atoms with E-state index in [9.17, 15) is 22.8 Å². The fourth-order valence-electron chi connectivity index (χ4n) is 6.80. The molecule has 0 unspecified atom stereocenters. The van der Waals surface area contributed by atoms with Crippen LogP contribution in [0.5, 0.6) is 17.2 Å². The summed E-state index contributed by atoms with van der Waals surface area (Å²) in [6.07, 6.45) is -1.95. The predicted octanol–water partition coefficient (Wildman–Crippen LogP) is 5.60. The number of amides is 1. The van der Waals surface area contributed by atoms with Crippen LogP contribution in [0, 0.1) is 5.92 Å². The van der Waals surface area contributed by atoms with Gasteiger partial charge in [-0.05, 0) is 54.9 Å². The van der Waals surface area contributed by atoms with Crippen molar-refractivity contribution < 1.29 is 32.2 Å². The number of ketones is 1. The third-order valence-electron chi connectivity index (χ3n) is 9.19. The summed E-state index contributed by atoms with van der Waals surface area (Å²) in [6, 6.07) is 11.7. The van der Waals surface area contributed by atoms with E-state index < -0.39 is 11.7 Å². The molecule has 230 valence electrons. The number of aromatic nitrogens is 1. The van der Waals surface area contributed by atoms with Crippen LogP contribution < -0.4 is 19.7 Å². The summed E-state index contributed by atoms with van der Waals surface area (Å²) >= 11 is 0. The number of nitrogens with one attached hydrogen (secondary N) is 1. The van der Waals surface area contributed by atoms with Crippen LogP contribution in [0.2, 0.25) is 0 Å². The highest BCUT2D eigenvalue weighted by atomic mass is 19.4. The van der Waals surface area contributed by atoms with Crippen molar-refractivity contribution in [2.24, 2.45) is 5.92 Å². The van der Waals surface area contributed by atoms with Gasteiger partial charge in [-0.1, -0.05) is 13.0 Å². The minimum absolute atomic E-state index is 0.0228. The average molecular weight is 607 g/mol. The van der Waals surface area contributed by atoms with E-state index in [0.29, 0.717) is 48.8 Å². The molecular weight excluding hydrogens is 573 g/mol. The van der Waals surface area contributed by atoms with Gasteiger partial charge in [0.05, 0.1) is 5.56 Å². The Hall–Kier alpha value is -4.12. The van der Waals surface area contributed by atoms with Gasteiger partial charge in [-0.3, -0.25) is 9.59 Å². The number of carbonyl (C=O) groups excluding carboxylic acids is 2. The van der Waals surface area contributed by atoms with Gasteiger partial charge in [0.25, 0.3) is 0 Å². The zero-order valence-electron chi connectivity index (χ0n) is 24.3. The molecule has 0 bridgehead atoms. The second kappa shape index (κ2) is 11.1. The number of alkyl halides is 3. The van der Waals surface area contributed by atoms with Crippen molar-refractivity contribution >= 4 is 23.2 Å². The largest absolute Gasteiger partial charge is 0.489 e. The molecule has 4 heterocycles. The Labute approximate surface area is 253 Å². The van der Waals surface area contributed by atoms with Crippen LogP contribution >= 0.6 is 0 Å². The van der Waals surface area contributed by atoms with Crippen molar-refractivity contribution in [2.75, 3.05) is 42.9 Å². The van der Waals surface area contributed by atoms with Crippen molar-refractivity contribution in [3.05, 3.63) is 70.9 Å². The number of hydrogen-bond acceptors (Lipinski definition) is 7. The van der Waals surface area contributed by atoms with Crippen molar-refractivity contribution in [1.82, 2.24) is 9.88 Å². The zero-order chi connectivity index (χ0) is 30.6. The number of rotatable bonds is 8. The van der Waals surface area contributed by atoms with E-state index >= 15 is 0 Å². The van der Waals surface area contributed by atoms with Crippen LogP contribution in [-0.4, -0.2) is 60.4 Å². The van der Waals surface area contributed by atoms with Gasteiger partial charge in [-0.2, -0.15) is 13.2 Å². The summed E-state index contributed by atoms with van der Waals surface area (Å²) in [7, 11) is 0. The highest BCUT2D eigenvalue weighted by molar-refractivity contribution is 5.93. The summed E-state index contributed by atoms with van der Waals surface area (Å²) in [6.45, 7) is 5.45. The number of halogens is 3. The molecule has 1 amide bonds. The van der Waals surface area contributed by atoms with Crippen molar-refractivity contribution in [3.8, 4) is 17.2 Å². The molecule has 1 saturated carbocycles. The Kier molecular flexibility index (Phi) is 7.23. The van der Waals surface area contributed by atoms with Crippen molar-refractivity contribution in [3.63, 3.8) is 0 Å². The Morgan fingerprint density at radius 2 is 1.91 bits per heavy atom. The van der Waals surface area contributed by atoms with Gasteiger partial charge >= 0.3 is 6.18 Å². The number of pyridine rings is 1. The van der Waals surface area contributed by atoms with Crippen LogP contribution in [0.3, 0.4) is 0 Å². The fraction of sp³-hybridized carbons (Fsp3) is 0.424. The molecule has 8 nitrogen and oxygen atoms in total. The van der Waals surface area contributed by atoms with Crippen LogP contribution in [0.1, 0.15) is 47.9 Å². The summed E-state index contributed by atoms with van der Waals surface area (Å²) in [5.74, 6) is 2.34. The number of ether oxygens (including phenoxy) is 2. The lowest BCUT2D eigenvalue weighted by Gasteiger charge is -2.36. The van der Waals surface area contributed by atoms with E-state index in [0.717, 1.165) is 42.6 Å². The number of fused-ring (bicyclic) bond motifs is 4. The maximum absolute atomic E-state index is 14.1. The number of carbonyl (C=O) groups is 2. The molecule has 1 aromatic heterocycles.